The lowest BCUT2D eigenvalue weighted by molar-refractivity contribution is 0.653. The summed E-state index contributed by atoms with van der Waals surface area (Å²) in [4.78, 5) is 10.7. The summed E-state index contributed by atoms with van der Waals surface area (Å²) >= 11 is 0. The minimum atomic E-state index is 0.485. The van der Waals surface area contributed by atoms with Crippen LogP contribution < -0.4 is 0 Å². The third kappa shape index (κ3) is 6.07. The molecule has 0 N–H and O–H groups in total. The summed E-state index contributed by atoms with van der Waals surface area (Å²) in [6, 6.07) is 90.2. The topological polar surface area (TPSA) is 82.4 Å². The Kier molecular flexibility index (Phi) is 9.03. The number of nitriles is 1. The van der Waals surface area contributed by atoms with E-state index in [9.17, 15) is 5.26 Å². The second-order valence-corrected chi connectivity index (χ2v) is 20.3. The maximum Gasteiger partial charge on any atom is 0.231 e. The molecule has 0 unspecified atom stereocenters. The van der Waals surface area contributed by atoms with Crippen molar-refractivity contribution in [2.45, 2.75) is 0 Å². The molecule has 0 aliphatic heterocycles. The smallest absolute Gasteiger partial charge is 0.231 e. The van der Waals surface area contributed by atoms with Gasteiger partial charge in [0.1, 0.15) is 17.2 Å². The fourth-order valence-electron chi connectivity index (χ4n) is 13.0. The van der Waals surface area contributed by atoms with Gasteiger partial charge in [0.25, 0.3) is 0 Å². The Morgan fingerprint density at radius 1 is 0.342 bits per heavy atom. The van der Waals surface area contributed by atoms with E-state index in [4.69, 9.17) is 14.4 Å². The van der Waals surface area contributed by atoms with Gasteiger partial charge in [-0.1, -0.05) is 170 Å². The van der Waals surface area contributed by atoms with Gasteiger partial charge >= 0.3 is 0 Å². The Labute approximate surface area is 450 Å². The number of fused-ring (bicyclic) bond motifs is 17. The van der Waals surface area contributed by atoms with Crippen LogP contribution >= 0.6 is 0 Å². The Morgan fingerprint density at radius 2 is 0.772 bits per heavy atom. The SMILES string of the molecule is N#Cc1c(-n2c3ccccc3c3c2ccc2c4ccccc4n(-c4ccccc4)c23)cc(-c2nc(-c3ccccc3)nc3oc4ccccc4c23)cc1-n1c2ccccc2c2c1ccc1c3ccccc3n(-c3ccccc3)c12. The second kappa shape index (κ2) is 16.5. The minimum absolute atomic E-state index is 0.485. The summed E-state index contributed by atoms with van der Waals surface area (Å²) in [6.07, 6.45) is 0. The van der Waals surface area contributed by atoms with Crippen molar-refractivity contribution >= 4 is 109 Å². The molecule has 6 aromatic heterocycles. The summed E-state index contributed by atoms with van der Waals surface area (Å²) in [5, 5.41) is 22.9. The van der Waals surface area contributed by atoms with E-state index in [0.29, 0.717) is 39.8 Å². The van der Waals surface area contributed by atoms with Gasteiger partial charge in [0.05, 0.1) is 66.6 Å². The average molecular weight is 1010 g/mol. The van der Waals surface area contributed by atoms with Crippen molar-refractivity contribution in [3.63, 3.8) is 0 Å². The summed E-state index contributed by atoms with van der Waals surface area (Å²) in [6.45, 7) is 0. The van der Waals surface area contributed by atoms with E-state index in [1.807, 2.05) is 48.5 Å². The van der Waals surface area contributed by atoms with Crippen molar-refractivity contribution in [1.82, 2.24) is 28.2 Å². The average Bonchev–Trinajstić information content (AvgIpc) is 4.38. The number of aromatic nitrogens is 6. The lowest BCUT2D eigenvalue weighted by atomic mass is 10.00. The molecule has 0 aliphatic rings. The summed E-state index contributed by atoms with van der Waals surface area (Å²) < 4.78 is 16.1. The Bertz CT molecular complexity index is 5190. The van der Waals surface area contributed by atoms with Crippen molar-refractivity contribution in [3.05, 3.63) is 254 Å². The van der Waals surface area contributed by atoms with Gasteiger partial charge in [-0.05, 0) is 78.9 Å². The standard InChI is InChI=1S/C71H41N7O/c72-42-54-61(77-57-33-17-12-28-51(57)64-59(77)38-36-49-47-26-10-15-31-55(47)75(68(49)64)45-22-6-2-7-23-45)40-44(67-66-53-30-14-19-35-63(53)79-71(66)74-70(73-67)43-20-4-1-5-21-43)41-62(54)78-58-34-18-13-29-52(58)65-60(78)39-37-50-48-27-11-16-32-56(48)76(69(50)65)46-24-8-3-9-25-46/h1-41H. The lowest BCUT2D eigenvalue weighted by Gasteiger charge is -2.19. The molecule has 366 valence electrons. The fraction of sp³-hybridized carbons (Fsp3) is 0. The molecular weight excluding hydrogens is 967 g/mol. The summed E-state index contributed by atoms with van der Waals surface area (Å²) in [7, 11) is 0. The zero-order chi connectivity index (χ0) is 51.9. The largest absolute Gasteiger partial charge is 0.438 e. The second-order valence-electron chi connectivity index (χ2n) is 20.3. The van der Waals surface area contributed by atoms with Crippen LogP contribution in [0.1, 0.15) is 5.56 Å². The van der Waals surface area contributed by atoms with Crippen LogP contribution in [0.3, 0.4) is 0 Å². The maximum atomic E-state index is 12.2. The van der Waals surface area contributed by atoms with E-state index in [0.717, 1.165) is 110 Å². The molecule has 8 nitrogen and oxygen atoms in total. The molecule has 0 radical (unpaired) electrons. The number of rotatable bonds is 6. The van der Waals surface area contributed by atoms with Gasteiger partial charge in [-0.3, -0.25) is 0 Å². The lowest BCUT2D eigenvalue weighted by Crippen LogP contribution is -2.06. The first-order valence-electron chi connectivity index (χ1n) is 26.6. The third-order valence-corrected chi connectivity index (χ3v) is 16.2. The molecule has 0 amide bonds. The van der Waals surface area contributed by atoms with Gasteiger partial charge < -0.3 is 22.7 Å². The van der Waals surface area contributed by atoms with E-state index in [2.05, 4.69) is 225 Å². The highest BCUT2D eigenvalue weighted by atomic mass is 16.3. The number of furan rings is 1. The highest BCUT2D eigenvalue weighted by molar-refractivity contribution is 6.28. The van der Waals surface area contributed by atoms with Gasteiger partial charge in [-0.15, -0.1) is 0 Å². The van der Waals surface area contributed by atoms with Crippen LogP contribution in [0.15, 0.2) is 253 Å². The third-order valence-electron chi connectivity index (χ3n) is 16.2. The molecule has 0 atom stereocenters. The first-order valence-corrected chi connectivity index (χ1v) is 26.6. The number of benzene rings is 11. The van der Waals surface area contributed by atoms with Gasteiger partial charge in [-0.25, -0.2) is 4.98 Å². The highest BCUT2D eigenvalue weighted by Gasteiger charge is 2.28. The molecular formula is C71H41N7O. The van der Waals surface area contributed by atoms with E-state index in [1.165, 1.54) is 10.8 Å². The van der Waals surface area contributed by atoms with Gasteiger partial charge in [0.2, 0.25) is 5.71 Å². The first kappa shape index (κ1) is 43.3. The predicted molar refractivity (Wildman–Crippen MR) is 322 cm³/mol. The Morgan fingerprint density at radius 3 is 1.28 bits per heavy atom. The van der Waals surface area contributed by atoms with Crippen molar-refractivity contribution in [1.29, 1.82) is 5.26 Å². The molecule has 17 aromatic rings. The van der Waals surface area contributed by atoms with Gasteiger partial charge in [0.15, 0.2) is 5.82 Å². The van der Waals surface area contributed by atoms with E-state index in [1.54, 1.807) is 0 Å². The monoisotopic (exact) mass is 1010 g/mol. The molecule has 17 rings (SSSR count). The van der Waals surface area contributed by atoms with E-state index in [-0.39, 0.29) is 0 Å². The number of hydrogen-bond donors (Lipinski definition) is 0. The summed E-state index contributed by atoms with van der Waals surface area (Å²) in [5.41, 5.74) is 16.0. The van der Waals surface area contributed by atoms with E-state index < -0.39 is 0 Å². The molecule has 8 heteroatoms. The van der Waals surface area contributed by atoms with Crippen LogP contribution in [0.4, 0.5) is 0 Å². The van der Waals surface area contributed by atoms with Crippen LogP contribution in [0.25, 0.3) is 155 Å². The normalized spacial score (nSPS) is 12.0. The first-order chi connectivity index (χ1) is 39.2. The molecule has 0 spiro atoms. The zero-order valence-corrected chi connectivity index (χ0v) is 42.2. The van der Waals surface area contributed by atoms with Gasteiger partial charge in [-0.2, -0.15) is 10.2 Å². The molecule has 0 saturated carbocycles. The zero-order valence-electron chi connectivity index (χ0n) is 42.2. The predicted octanol–water partition coefficient (Wildman–Crippen LogP) is 18.0. The Balaban J connectivity index is 1.06. The van der Waals surface area contributed by atoms with Gasteiger partial charge in [0, 0.05) is 71.0 Å². The minimum Gasteiger partial charge on any atom is -0.438 e. The van der Waals surface area contributed by atoms with Crippen LogP contribution in [0, 0.1) is 11.3 Å². The molecule has 11 aromatic carbocycles. The van der Waals surface area contributed by atoms with Crippen LogP contribution in [0.2, 0.25) is 0 Å². The maximum absolute atomic E-state index is 12.2. The van der Waals surface area contributed by atoms with Crippen LogP contribution in [-0.4, -0.2) is 28.2 Å². The fourth-order valence-corrected chi connectivity index (χ4v) is 13.0. The van der Waals surface area contributed by atoms with Crippen molar-refractivity contribution in [2.75, 3.05) is 0 Å². The summed E-state index contributed by atoms with van der Waals surface area (Å²) in [5.74, 6) is 0.538. The number of para-hydroxylation sites is 7. The van der Waals surface area contributed by atoms with Crippen molar-refractivity contribution in [3.8, 4) is 51.5 Å². The number of hydrogen-bond acceptors (Lipinski definition) is 4. The molecule has 0 aliphatic carbocycles. The molecule has 6 heterocycles. The quantitative estimate of drug-likeness (QED) is 0.166. The Hall–Kier alpha value is -11.0. The van der Waals surface area contributed by atoms with Crippen molar-refractivity contribution < 1.29 is 4.42 Å². The molecule has 0 bridgehead atoms. The molecule has 0 saturated heterocycles. The van der Waals surface area contributed by atoms with Crippen molar-refractivity contribution in [2.24, 2.45) is 0 Å². The highest BCUT2D eigenvalue weighted by Crippen LogP contribution is 2.47. The van der Waals surface area contributed by atoms with Crippen LogP contribution in [-0.2, 0) is 0 Å². The van der Waals surface area contributed by atoms with Crippen LogP contribution in [0.5, 0.6) is 0 Å². The van der Waals surface area contributed by atoms with E-state index >= 15 is 0 Å². The molecule has 0 fully saturated rings. The molecule has 79 heavy (non-hydrogen) atoms. The number of nitrogens with zero attached hydrogens (tertiary/aromatic N) is 7.